The van der Waals surface area contributed by atoms with Crippen molar-refractivity contribution < 1.29 is 9.47 Å². The van der Waals surface area contributed by atoms with Gasteiger partial charge in [0.25, 0.3) is 0 Å². The third-order valence-corrected chi connectivity index (χ3v) is 4.01. The lowest BCUT2D eigenvalue weighted by molar-refractivity contribution is -0.113. The first kappa shape index (κ1) is 13.5. The second-order valence-electron chi connectivity index (χ2n) is 4.06. The second kappa shape index (κ2) is 6.86. The Kier molecular flexibility index (Phi) is 5.15. The molecule has 1 heterocycles. The summed E-state index contributed by atoms with van der Waals surface area (Å²) in [5.74, 6) is 0. The first-order valence-corrected chi connectivity index (χ1v) is 6.86. The third-order valence-electron chi connectivity index (χ3n) is 2.81. The molecule has 0 N–H and O–H groups in total. The van der Waals surface area contributed by atoms with E-state index >= 15 is 0 Å². The van der Waals surface area contributed by atoms with Crippen LogP contribution in [0.15, 0.2) is 17.3 Å². The molecule has 1 aliphatic carbocycles. The summed E-state index contributed by atoms with van der Waals surface area (Å²) in [7, 11) is 3.21. The Hall–Kier alpha value is -0.920. The summed E-state index contributed by atoms with van der Waals surface area (Å²) < 4.78 is 12.0. The number of nitrogens with zero attached hydrogens (tertiary/aromatic N) is 4. The molecular formula is C11H18N4O2S. The van der Waals surface area contributed by atoms with Gasteiger partial charge >= 0.3 is 0 Å². The van der Waals surface area contributed by atoms with Crippen LogP contribution in [0.5, 0.6) is 0 Å². The molecule has 1 atom stereocenters. The molecule has 0 fully saturated rings. The molecule has 1 aromatic heterocycles. The number of methoxy groups -OCH3 is 2. The first-order valence-electron chi connectivity index (χ1n) is 5.98. The third kappa shape index (κ3) is 3.54. The van der Waals surface area contributed by atoms with E-state index < -0.39 is 0 Å². The molecule has 1 aromatic rings. The monoisotopic (exact) mass is 270 g/mol. The van der Waals surface area contributed by atoms with Crippen LogP contribution in [0.2, 0.25) is 0 Å². The van der Waals surface area contributed by atoms with E-state index in [9.17, 15) is 0 Å². The predicted octanol–water partition coefficient (Wildman–Crippen LogP) is 1.49. The Balaban J connectivity index is 1.98. The molecule has 0 aromatic carbocycles. The lowest BCUT2D eigenvalue weighted by atomic mass is 10.1. The maximum Gasteiger partial charge on any atom is 0.210 e. The van der Waals surface area contributed by atoms with Crippen molar-refractivity contribution in [2.45, 2.75) is 42.5 Å². The SMILES string of the molecule is COC(Cn1nnnc1SC1C=CCCC1)OC. The highest BCUT2D eigenvalue weighted by Crippen LogP contribution is 2.28. The summed E-state index contributed by atoms with van der Waals surface area (Å²) in [6.45, 7) is 0.499. The highest BCUT2D eigenvalue weighted by atomic mass is 32.2. The summed E-state index contributed by atoms with van der Waals surface area (Å²) in [6, 6.07) is 0. The molecular weight excluding hydrogens is 252 g/mol. The van der Waals surface area contributed by atoms with Gasteiger partial charge in [0.2, 0.25) is 5.16 Å². The zero-order valence-corrected chi connectivity index (χ0v) is 11.5. The van der Waals surface area contributed by atoms with Gasteiger partial charge in [-0.1, -0.05) is 23.9 Å². The second-order valence-corrected chi connectivity index (χ2v) is 5.27. The Bertz CT molecular complexity index is 392. The number of allylic oxidation sites excluding steroid dienone is 1. The summed E-state index contributed by atoms with van der Waals surface area (Å²) in [5, 5.41) is 13.0. The molecule has 18 heavy (non-hydrogen) atoms. The van der Waals surface area contributed by atoms with Crippen molar-refractivity contribution in [3.8, 4) is 0 Å². The van der Waals surface area contributed by atoms with Crippen LogP contribution in [-0.4, -0.2) is 46.0 Å². The van der Waals surface area contributed by atoms with E-state index in [-0.39, 0.29) is 6.29 Å². The topological polar surface area (TPSA) is 62.1 Å². The minimum Gasteiger partial charge on any atom is -0.354 e. The summed E-state index contributed by atoms with van der Waals surface area (Å²) in [5.41, 5.74) is 0. The molecule has 7 heteroatoms. The summed E-state index contributed by atoms with van der Waals surface area (Å²) >= 11 is 1.69. The Morgan fingerprint density at radius 2 is 2.33 bits per heavy atom. The van der Waals surface area contributed by atoms with Gasteiger partial charge in [0.05, 0.1) is 6.54 Å². The van der Waals surface area contributed by atoms with Gasteiger partial charge in [0.15, 0.2) is 6.29 Å². The molecule has 0 saturated heterocycles. The van der Waals surface area contributed by atoms with Gasteiger partial charge in [-0.15, -0.1) is 5.10 Å². The molecule has 1 aliphatic rings. The van der Waals surface area contributed by atoms with Crippen molar-refractivity contribution in [2.75, 3.05) is 14.2 Å². The zero-order chi connectivity index (χ0) is 12.8. The minimum atomic E-state index is -0.324. The van der Waals surface area contributed by atoms with Crippen LogP contribution < -0.4 is 0 Å². The molecule has 0 bridgehead atoms. The van der Waals surface area contributed by atoms with Crippen molar-refractivity contribution in [1.82, 2.24) is 20.2 Å². The Morgan fingerprint density at radius 1 is 1.50 bits per heavy atom. The number of tetrazole rings is 1. The number of hydrogen-bond donors (Lipinski definition) is 0. The standard InChI is InChI=1S/C11H18N4O2S/c1-16-10(17-2)8-15-11(12-13-14-15)18-9-6-4-3-5-7-9/h4,6,9-10H,3,5,7-8H2,1-2H3. The highest BCUT2D eigenvalue weighted by molar-refractivity contribution is 7.99. The van der Waals surface area contributed by atoms with E-state index in [4.69, 9.17) is 9.47 Å². The van der Waals surface area contributed by atoms with E-state index in [2.05, 4.69) is 27.7 Å². The normalized spacial score (nSPS) is 19.6. The van der Waals surface area contributed by atoms with E-state index in [0.29, 0.717) is 11.8 Å². The molecule has 1 unspecified atom stereocenters. The van der Waals surface area contributed by atoms with Crippen LogP contribution in [0.3, 0.4) is 0 Å². The van der Waals surface area contributed by atoms with E-state index in [1.807, 2.05) is 0 Å². The van der Waals surface area contributed by atoms with Crippen molar-refractivity contribution >= 4 is 11.8 Å². The number of aromatic nitrogens is 4. The fraction of sp³-hybridized carbons (Fsp3) is 0.727. The van der Waals surface area contributed by atoms with Crippen LogP contribution in [0, 0.1) is 0 Å². The largest absolute Gasteiger partial charge is 0.354 e. The van der Waals surface area contributed by atoms with Gasteiger partial charge in [-0.05, 0) is 29.7 Å². The van der Waals surface area contributed by atoms with Crippen LogP contribution in [0.4, 0.5) is 0 Å². The van der Waals surface area contributed by atoms with Gasteiger partial charge in [-0.3, -0.25) is 0 Å². The van der Waals surface area contributed by atoms with E-state index in [1.54, 1.807) is 30.7 Å². The average molecular weight is 270 g/mol. The van der Waals surface area contributed by atoms with Crippen molar-refractivity contribution in [2.24, 2.45) is 0 Å². The first-order chi connectivity index (χ1) is 8.83. The Morgan fingerprint density at radius 3 is 3.00 bits per heavy atom. The maximum absolute atomic E-state index is 5.16. The predicted molar refractivity (Wildman–Crippen MR) is 68.3 cm³/mol. The molecule has 0 aliphatic heterocycles. The fourth-order valence-corrected chi connectivity index (χ4v) is 2.86. The number of hydrogen-bond acceptors (Lipinski definition) is 6. The average Bonchev–Trinajstić information content (AvgIpc) is 2.84. The highest BCUT2D eigenvalue weighted by Gasteiger charge is 2.17. The lowest BCUT2D eigenvalue weighted by Crippen LogP contribution is -2.22. The molecule has 100 valence electrons. The van der Waals surface area contributed by atoms with E-state index in [1.165, 1.54) is 19.3 Å². The van der Waals surface area contributed by atoms with Crippen molar-refractivity contribution in [3.05, 3.63) is 12.2 Å². The van der Waals surface area contributed by atoms with Gasteiger partial charge in [0.1, 0.15) is 0 Å². The van der Waals surface area contributed by atoms with Crippen LogP contribution in [-0.2, 0) is 16.0 Å². The molecule has 2 rings (SSSR count). The number of thioether (sulfide) groups is 1. The minimum absolute atomic E-state index is 0.324. The van der Waals surface area contributed by atoms with Crippen LogP contribution in [0.1, 0.15) is 19.3 Å². The molecule has 0 radical (unpaired) electrons. The van der Waals surface area contributed by atoms with Gasteiger partial charge in [0, 0.05) is 19.5 Å². The maximum atomic E-state index is 5.16. The smallest absolute Gasteiger partial charge is 0.210 e. The van der Waals surface area contributed by atoms with Crippen molar-refractivity contribution in [1.29, 1.82) is 0 Å². The molecule has 0 saturated carbocycles. The number of rotatable bonds is 6. The van der Waals surface area contributed by atoms with E-state index in [0.717, 1.165) is 5.16 Å². The van der Waals surface area contributed by atoms with Gasteiger partial charge in [-0.25, -0.2) is 4.68 Å². The van der Waals surface area contributed by atoms with Gasteiger partial charge < -0.3 is 9.47 Å². The summed E-state index contributed by atoms with van der Waals surface area (Å²) in [6.07, 6.45) is 7.72. The van der Waals surface area contributed by atoms with Gasteiger partial charge in [-0.2, -0.15) is 0 Å². The molecule has 6 nitrogen and oxygen atoms in total. The molecule has 0 amide bonds. The lowest BCUT2D eigenvalue weighted by Gasteiger charge is -2.16. The summed E-state index contributed by atoms with van der Waals surface area (Å²) in [4.78, 5) is 0. The van der Waals surface area contributed by atoms with Crippen LogP contribution in [0.25, 0.3) is 0 Å². The number of ether oxygens (including phenoxy) is 2. The zero-order valence-electron chi connectivity index (χ0n) is 10.7. The van der Waals surface area contributed by atoms with Crippen molar-refractivity contribution in [3.63, 3.8) is 0 Å². The van der Waals surface area contributed by atoms with Crippen LogP contribution >= 0.6 is 11.8 Å². The molecule has 0 spiro atoms. The Labute approximate surface area is 111 Å². The quantitative estimate of drug-likeness (QED) is 0.576. The fourth-order valence-electron chi connectivity index (χ4n) is 1.80.